The summed E-state index contributed by atoms with van der Waals surface area (Å²) in [5.41, 5.74) is 1.71. The molecule has 2 aromatic rings. The molecule has 0 amide bonds. The summed E-state index contributed by atoms with van der Waals surface area (Å²) in [6.07, 6.45) is 3.76. The Balaban J connectivity index is 2.02. The van der Waals surface area contributed by atoms with Crippen molar-refractivity contribution in [2.75, 3.05) is 6.61 Å². The van der Waals surface area contributed by atoms with E-state index in [2.05, 4.69) is 21.0 Å². The molecule has 1 aromatic carbocycles. The summed E-state index contributed by atoms with van der Waals surface area (Å²) in [6.45, 7) is 4.65. The molecule has 0 aliphatic rings. The Morgan fingerprint density at radius 1 is 1.47 bits per heavy atom. The first-order chi connectivity index (χ1) is 9.06. The van der Waals surface area contributed by atoms with Crippen molar-refractivity contribution in [3.05, 3.63) is 46.2 Å². The zero-order valence-corrected chi connectivity index (χ0v) is 12.5. The van der Waals surface area contributed by atoms with Crippen LogP contribution < -0.4 is 4.74 Å². The number of ether oxygens (including phenoxy) is 1. The fraction of sp³-hybridized carbons (Fsp3) is 0.286. The van der Waals surface area contributed by atoms with Crippen molar-refractivity contribution < 1.29 is 9.53 Å². The van der Waals surface area contributed by atoms with Crippen molar-refractivity contribution in [2.45, 2.75) is 20.4 Å². The van der Waals surface area contributed by atoms with Gasteiger partial charge in [0.05, 0.1) is 18.3 Å². The average Bonchev–Trinajstić information content (AvgIpc) is 2.75. The number of benzene rings is 1. The standard InChI is InChI=1S/C14H15BrN2O2/c1-10-8-16-17(9-10)5-6-19-14-7-12(15)3-4-13(14)11(2)18/h3-4,7-9H,5-6H2,1-2H3. The highest BCUT2D eigenvalue weighted by atomic mass is 79.9. The average molecular weight is 323 g/mol. The number of hydrogen-bond donors (Lipinski definition) is 0. The first kappa shape index (κ1) is 13.8. The molecule has 100 valence electrons. The lowest BCUT2D eigenvalue weighted by Gasteiger charge is -2.10. The molecule has 19 heavy (non-hydrogen) atoms. The molecule has 0 spiro atoms. The van der Waals surface area contributed by atoms with E-state index in [9.17, 15) is 4.79 Å². The summed E-state index contributed by atoms with van der Waals surface area (Å²) in [4.78, 5) is 11.5. The lowest BCUT2D eigenvalue weighted by atomic mass is 10.1. The number of carbonyl (C=O) groups excluding carboxylic acids is 1. The van der Waals surface area contributed by atoms with Crippen LogP contribution in [0.2, 0.25) is 0 Å². The summed E-state index contributed by atoms with van der Waals surface area (Å²) in [5, 5.41) is 4.18. The summed E-state index contributed by atoms with van der Waals surface area (Å²) in [5.74, 6) is 0.600. The SMILES string of the molecule is CC(=O)c1ccc(Br)cc1OCCn1cc(C)cn1. The number of aromatic nitrogens is 2. The molecule has 4 nitrogen and oxygen atoms in total. The second kappa shape index (κ2) is 6.02. The number of carbonyl (C=O) groups is 1. The van der Waals surface area contributed by atoms with Crippen molar-refractivity contribution in [1.82, 2.24) is 9.78 Å². The van der Waals surface area contributed by atoms with E-state index in [1.165, 1.54) is 6.92 Å². The van der Waals surface area contributed by atoms with E-state index < -0.39 is 0 Å². The molecule has 0 aliphatic heterocycles. The molecular weight excluding hydrogens is 308 g/mol. The summed E-state index contributed by atoms with van der Waals surface area (Å²) < 4.78 is 8.39. The highest BCUT2D eigenvalue weighted by Crippen LogP contribution is 2.24. The van der Waals surface area contributed by atoms with E-state index >= 15 is 0 Å². The predicted octanol–water partition coefficient (Wildman–Crippen LogP) is 3.24. The highest BCUT2D eigenvalue weighted by Gasteiger charge is 2.09. The molecule has 0 bridgehead atoms. The van der Waals surface area contributed by atoms with Gasteiger partial charge in [0.15, 0.2) is 5.78 Å². The second-order valence-corrected chi connectivity index (χ2v) is 5.24. The molecule has 0 saturated heterocycles. The summed E-state index contributed by atoms with van der Waals surface area (Å²) in [6, 6.07) is 5.41. The topological polar surface area (TPSA) is 44.1 Å². The van der Waals surface area contributed by atoms with Crippen LogP contribution in [0.5, 0.6) is 5.75 Å². The molecule has 0 N–H and O–H groups in total. The minimum absolute atomic E-state index is 0.00238. The third kappa shape index (κ3) is 3.67. The van der Waals surface area contributed by atoms with Crippen LogP contribution in [0.25, 0.3) is 0 Å². The van der Waals surface area contributed by atoms with Crippen molar-refractivity contribution >= 4 is 21.7 Å². The normalized spacial score (nSPS) is 10.5. The van der Waals surface area contributed by atoms with E-state index in [4.69, 9.17) is 4.74 Å². The number of ketones is 1. The predicted molar refractivity (Wildman–Crippen MR) is 76.6 cm³/mol. The molecule has 2 rings (SSSR count). The summed E-state index contributed by atoms with van der Waals surface area (Å²) in [7, 11) is 0. The molecular formula is C14H15BrN2O2. The smallest absolute Gasteiger partial charge is 0.163 e. The van der Waals surface area contributed by atoms with Crippen LogP contribution in [0, 0.1) is 6.92 Å². The van der Waals surface area contributed by atoms with Gasteiger partial charge in [-0.2, -0.15) is 5.10 Å². The Hall–Kier alpha value is -1.62. The maximum absolute atomic E-state index is 11.5. The number of rotatable bonds is 5. The van der Waals surface area contributed by atoms with Crippen LogP contribution >= 0.6 is 15.9 Å². The van der Waals surface area contributed by atoms with Gasteiger partial charge in [-0.05, 0) is 37.6 Å². The lowest BCUT2D eigenvalue weighted by molar-refractivity contribution is 0.101. The number of Topliss-reactive ketones (excluding diaryl/α,β-unsaturated/α-hetero) is 1. The Morgan fingerprint density at radius 2 is 2.26 bits per heavy atom. The molecule has 0 saturated carbocycles. The number of halogens is 1. The van der Waals surface area contributed by atoms with Crippen molar-refractivity contribution in [1.29, 1.82) is 0 Å². The summed E-state index contributed by atoms with van der Waals surface area (Å²) >= 11 is 3.38. The Kier molecular flexibility index (Phi) is 4.37. The van der Waals surface area contributed by atoms with Gasteiger partial charge >= 0.3 is 0 Å². The van der Waals surface area contributed by atoms with E-state index in [0.717, 1.165) is 10.0 Å². The first-order valence-electron chi connectivity index (χ1n) is 5.98. The van der Waals surface area contributed by atoms with E-state index in [-0.39, 0.29) is 5.78 Å². The Bertz CT molecular complexity index is 593. The van der Waals surface area contributed by atoms with Gasteiger partial charge in [-0.25, -0.2) is 0 Å². The van der Waals surface area contributed by atoms with Crippen LogP contribution in [0.4, 0.5) is 0 Å². The number of hydrogen-bond acceptors (Lipinski definition) is 3. The third-order valence-electron chi connectivity index (χ3n) is 2.66. The van der Waals surface area contributed by atoms with Crippen LogP contribution in [0.15, 0.2) is 35.1 Å². The maximum atomic E-state index is 11.5. The molecule has 0 atom stereocenters. The van der Waals surface area contributed by atoms with E-state index in [1.807, 2.05) is 29.9 Å². The largest absolute Gasteiger partial charge is 0.491 e. The van der Waals surface area contributed by atoms with Gasteiger partial charge in [0.25, 0.3) is 0 Å². The fourth-order valence-corrected chi connectivity index (χ4v) is 2.08. The molecule has 1 heterocycles. The van der Waals surface area contributed by atoms with Crippen molar-refractivity contribution in [3.8, 4) is 5.75 Å². The molecule has 0 unspecified atom stereocenters. The van der Waals surface area contributed by atoms with Crippen LogP contribution in [0.3, 0.4) is 0 Å². The molecule has 0 radical (unpaired) electrons. The monoisotopic (exact) mass is 322 g/mol. The van der Waals surface area contributed by atoms with Gasteiger partial charge in [-0.1, -0.05) is 15.9 Å². The minimum Gasteiger partial charge on any atom is -0.491 e. The van der Waals surface area contributed by atoms with Gasteiger partial charge in [-0.15, -0.1) is 0 Å². The molecule has 1 aromatic heterocycles. The Morgan fingerprint density at radius 3 is 2.89 bits per heavy atom. The van der Waals surface area contributed by atoms with E-state index in [0.29, 0.717) is 24.5 Å². The van der Waals surface area contributed by atoms with Crippen molar-refractivity contribution in [2.24, 2.45) is 0 Å². The zero-order valence-electron chi connectivity index (χ0n) is 10.9. The maximum Gasteiger partial charge on any atom is 0.163 e. The van der Waals surface area contributed by atoms with Crippen LogP contribution in [0.1, 0.15) is 22.8 Å². The van der Waals surface area contributed by atoms with Gasteiger partial charge < -0.3 is 4.74 Å². The van der Waals surface area contributed by atoms with Gasteiger partial charge in [0.1, 0.15) is 12.4 Å². The molecule has 0 fully saturated rings. The van der Waals surface area contributed by atoms with E-state index in [1.54, 1.807) is 12.3 Å². The first-order valence-corrected chi connectivity index (χ1v) is 6.78. The number of aryl methyl sites for hydroxylation is 1. The van der Waals surface area contributed by atoms with Gasteiger partial charge in [0.2, 0.25) is 0 Å². The zero-order chi connectivity index (χ0) is 13.8. The molecule has 5 heteroatoms. The Labute approximate surface area is 120 Å². The van der Waals surface area contributed by atoms with Gasteiger partial charge in [0, 0.05) is 10.7 Å². The van der Waals surface area contributed by atoms with Gasteiger partial charge in [-0.3, -0.25) is 9.48 Å². The highest BCUT2D eigenvalue weighted by molar-refractivity contribution is 9.10. The van der Waals surface area contributed by atoms with Crippen molar-refractivity contribution in [3.63, 3.8) is 0 Å². The van der Waals surface area contributed by atoms with Crippen LogP contribution in [-0.4, -0.2) is 22.2 Å². The van der Waals surface area contributed by atoms with Crippen LogP contribution in [-0.2, 0) is 6.54 Å². The number of nitrogens with zero attached hydrogens (tertiary/aromatic N) is 2. The third-order valence-corrected chi connectivity index (χ3v) is 3.16. The fourth-order valence-electron chi connectivity index (χ4n) is 1.74. The second-order valence-electron chi connectivity index (χ2n) is 4.33. The molecule has 0 aliphatic carbocycles. The lowest BCUT2D eigenvalue weighted by Crippen LogP contribution is -2.10. The minimum atomic E-state index is -0.00238. The quantitative estimate of drug-likeness (QED) is 0.794.